The fraction of sp³-hybridized carbons (Fsp3) is 0.235. The largest absolute Gasteiger partial charge is 0.481 e. The molecular weight excluding hydrogens is 330 g/mol. The number of aliphatic carboxylic acids is 1. The number of carbonyl (C=O) groups is 1. The Morgan fingerprint density at radius 3 is 2.43 bits per heavy atom. The average Bonchev–Trinajstić information content (AvgIpc) is 2.48. The van der Waals surface area contributed by atoms with Crippen molar-refractivity contribution in [2.24, 2.45) is 0 Å². The van der Waals surface area contributed by atoms with Crippen LogP contribution in [-0.4, -0.2) is 17.6 Å². The summed E-state index contributed by atoms with van der Waals surface area (Å²) >= 11 is 3.45. The Balaban J connectivity index is 2.04. The number of carboxylic acid groups (broad SMARTS) is 1. The molecule has 0 aromatic heterocycles. The minimum absolute atomic E-state index is 0.0908. The van der Waals surface area contributed by atoms with Gasteiger partial charge in [-0.15, -0.1) is 0 Å². The van der Waals surface area contributed by atoms with Crippen molar-refractivity contribution < 1.29 is 9.90 Å². The van der Waals surface area contributed by atoms with Crippen LogP contribution >= 0.6 is 15.9 Å². The van der Waals surface area contributed by atoms with Gasteiger partial charge in [0.2, 0.25) is 0 Å². The maximum atomic E-state index is 11.5. The van der Waals surface area contributed by atoms with Crippen molar-refractivity contribution in [3.8, 4) is 0 Å². The molecule has 2 rings (SSSR count). The molecule has 21 heavy (non-hydrogen) atoms. The van der Waals surface area contributed by atoms with E-state index in [0.29, 0.717) is 6.54 Å². The topological polar surface area (TPSA) is 49.3 Å². The van der Waals surface area contributed by atoms with Crippen LogP contribution in [0.25, 0.3) is 0 Å². The first-order chi connectivity index (χ1) is 10.1. The molecular formula is C17H18BrNO2. The number of benzene rings is 2. The Morgan fingerprint density at radius 1 is 1.14 bits per heavy atom. The maximum Gasteiger partial charge on any atom is 0.312 e. The number of carboxylic acids is 1. The first kappa shape index (κ1) is 15.7. The van der Waals surface area contributed by atoms with Crippen LogP contribution in [0.3, 0.4) is 0 Å². The summed E-state index contributed by atoms with van der Waals surface area (Å²) in [5.74, 6) is -1.35. The summed E-state index contributed by atoms with van der Waals surface area (Å²) in [5, 5.41) is 12.7. The third kappa shape index (κ3) is 4.41. The predicted octanol–water partition coefficient (Wildman–Crippen LogP) is 3.97. The summed E-state index contributed by atoms with van der Waals surface area (Å²) in [6.45, 7) is 2.43. The van der Waals surface area contributed by atoms with Gasteiger partial charge in [-0.05, 0) is 30.2 Å². The maximum absolute atomic E-state index is 11.5. The quantitative estimate of drug-likeness (QED) is 0.831. The SMILES string of the molecule is CC(NCC(C(=O)O)c1ccccc1)c1cccc(Br)c1. The molecule has 0 spiro atoms. The van der Waals surface area contributed by atoms with E-state index in [4.69, 9.17) is 0 Å². The van der Waals surface area contributed by atoms with Gasteiger partial charge in [-0.3, -0.25) is 4.79 Å². The molecule has 110 valence electrons. The lowest BCUT2D eigenvalue weighted by Crippen LogP contribution is -2.29. The molecule has 0 saturated heterocycles. The van der Waals surface area contributed by atoms with Gasteiger partial charge in [-0.2, -0.15) is 0 Å². The second-order valence-electron chi connectivity index (χ2n) is 4.99. The van der Waals surface area contributed by atoms with Crippen molar-refractivity contribution in [1.82, 2.24) is 5.32 Å². The van der Waals surface area contributed by atoms with Crippen LogP contribution in [0.1, 0.15) is 30.0 Å². The van der Waals surface area contributed by atoms with E-state index in [-0.39, 0.29) is 6.04 Å². The van der Waals surface area contributed by atoms with Gasteiger partial charge in [0, 0.05) is 17.1 Å². The third-order valence-electron chi connectivity index (χ3n) is 3.48. The zero-order chi connectivity index (χ0) is 15.2. The van der Waals surface area contributed by atoms with Crippen LogP contribution < -0.4 is 5.32 Å². The third-order valence-corrected chi connectivity index (χ3v) is 3.97. The van der Waals surface area contributed by atoms with Crippen molar-refractivity contribution in [2.45, 2.75) is 18.9 Å². The van der Waals surface area contributed by atoms with Crippen LogP contribution in [0.2, 0.25) is 0 Å². The Labute approximate surface area is 133 Å². The fourth-order valence-electron chi connectivity index (χ4n) is 2.22. The van der Waals surface area contributed by atoms with Crippen molar-refractivity contribution in [3.05, 3.63) is 70.2 Å². The van der Waals surface area contributed by atoms with Crippen LogP contribution in [0, 0.1) is 0 Å². The number of hydrogen-bond donors (Lipinski definition) is 2. The zero-order valence-electron chi connectivity index (χ0n) is 11.8. The predicted molar refractivity (Wildman–Crippen MR) is 87.4 cm³/mol. The standard InChI is InChI=1S/C17H18BrNO2/c1-12(14-8-5-9-15(18)10-14)19-11-16(17(20)21)13-6-3-2-4-7-13/h2-10,12,16,19H,11H2,1H3,(H,20,21). The minimum Gasteiger partial charge on any atom is -0.481 e. The second-order valence-corrected chi connectivity index (χ2v) is 5.90. The molecule has 3 nitrogen and oxygen atoms in total. The Bertz CT molecular complexity index is 601. The lowest BCUT2D eigenvalue weighted by atomic mass is 9.98. The summed E-state index contributed by atoms with van der Waals surface area (Å²) in [6, 6.07) is 17.4. The molecule has 0 radical (unpaired) electrons. The number of rotatable bonds is 6. The molecule has 0 saturated carbocycles. The first-order valence-corrected chi connectivity index (χ1v) is 7.64. The molecule has 0 aliphatic carbocycles. The first-order valence-electron chi connectivity index (χ1n) is 6.84. The number of nitrogens with one attached hydrogen (secondary N) is 1. The molecule has 0 bridgehead atoms. The molecule has 2 aromatic rings. The molecule has 0 aliphatic rings. The van der Waals surface area contributed by atoms with Gasteiger partial charge in [0.15, 0.2) is 0 Å². The summed E-state index contributed by atoms with van der Waals surface area (Å²) in [4.78, 5) is 11.5. The fourth-order valence-corrected chi connectivity index (χ4v) is 2.64. The highest BCUT2D eigenvalue weighted by atomic mass is 79.9. The molecule has 2 atom stereocenters. The van der Waals surface area contributed by atoms with Gasteiger partial charge >= 0.3 is 5.97 Å². The zero-order valence-corrected chi connectivity index (χ0v) is 13.4. The molecule has 2 N–H and O–H groups in total. The van der Waals surface area contributed by atoms with E-state index < -0.39 is 11.9 Å². The summed E-state index contributed by atoms with van der Waals surface area (Å²) in [7, 11) is 0. The number of hydrogen-bond acceptors (Lipinski definition) is 2. The highest BCUT2D eigenvalue weighted by Gasteiger charge is 2.20. The molecule has 0 amide bonds. The monoisotopic (exact) mass is 347 g/mol. The van der Waals surface area contributed by atoms with Gasteiger partial charge in [0.25, 0.3) is 0 Å². The Kier molecular flexibility index (Phi) is 5.53. The smallest absolute Gasteiger partial charge is 0.312 e. The van der Waals surface area contributed by atoms with Gasteiger partial charge in [-0.1, -0.05) is 58.4 Å². The van der Waals surface area contributed by atoms with E-state index in [9.17, 15) is 9.90 Å². The highest BCUT2D eigenvalue weighted by molar-refractivity contribution is 9.10. The van der Waals surface area contributed by atoms with Crippen LogP contribution in [0.15, 0.2) is 59.1 Å². The van der Waals surface area contributed by atoms with Gasteiger partial charge in [0.1, 0.15) is 0 Å². The molecule has 0 heterocycles. The highest BCUT2D eigenvalue weighted by Crippen LogP contribution is 2.20. The van der Waals surface area contributed by atoms with E-state index in [0.717, 1.165) is 15.6 Å². The van der Waals surface area contributed by atoms with Crippen molar-refractivity contribution in [1.29, 1.82) is 0 Å². The molecule has 0 aliphatic heterocycles. The summed E-state index contributed by atoms with van der Waals surface area (Å²) in [6.07, 6.45) is 0. The minimum atomic E-state index is -0.810. The van der Waals surface area contributed by atoms with E-state index >= 15 is 0 Å². The molecule has 2 unspecified atom stereocenters. The average molecular weight is 348 g/mol. The lowest BCUT2D eigenvalue weighted by molar-refractivity contribution is -0.138. The summed E-state index contributed by atoms with van der Waals surface area (Å²) in [5.41, 5.74) is 1.94. The van der Waals surface area contributed by atoms with E-state index in [1.54, 1.807) is 0 Å². The van der Waals surface area contributed by atoms with Crippen LogP contribution in [0.5, 0.6) is 0 Å². The molecule has 0 fully saturated rings. The van der Waals surface area contributed by atoms with E-state index in [1.807, 2.05) is 61.5 Å². The van der Waals surface area contributed by atoms with Crippen LogP contribution in [-0.2, 0) is 4.79 Å². The van der Waals surface area contributed by atoms with Crippen molar-refractivity contribution in [2.75, 3.05) is 6.54 Å². The second kappa shape index (κ2) is 7.38. The van der Waals surface area contributed by atoms with E-state index in [1.165, 1.54) is 0 Å². The van der Waals surface area contributed by atoms with Gasteiger partial charge in [-0.25, -0.2) is 0 Å². The van der Waals surface area contributed by atoms with Gasteiger partial charge in [0.05, 0.1) is 5.92 Å². The molecule has 4 heteroatoms. The normalized spacial score (nSPS) is 13.6. The number of halogens is 1. The lowest BCUT2D eigenvalue weighted by Gasteiger charge is -2.19. The van der Waals surface area contributed by atoms with Crippen molar-refractivity contribution >= 4 is 21.9 Å². The Hall–Kier alpha value is -1.65. The van der Waals surface area contributed by atoms with Crippen LogP contribution in [0.4, 0.5) is 0 Å². The molecule has 2 aromatic carbocycles. The van der Waals surface area contributed by atoms with E-state index in [2.05, 4.69) is 21.2 Å². The van der Waals surface area contributed by atoms with Gasteiger partial charge < -0.3 is 10.4 Å². The van der Waals surface area contributed by atoms with Crippen molar-refractivity contribution in [3.63, 3.8) is 0 Å². The summed E-state index contributed by atoms with van der Waals surface area (Å²) < 4.78 is 1.02. The Morgan fingerprint density at radius 2 is 1.81 bits per heavy atom.